The van der Waals surface area contributed by atoms with Crippen molar-refractivity contribution in [2.45, 2.75) is 19.0 Å². The molecule has 0 fully saturated rings. The Kier molecular flexibility index (Phi) is 5.18. The second-order valence-electron chi connectivity index (χ2n) is 7.20. The Hall–Kier alpha value is -3.38. The van der Waals surface area contributed by atoms with Crippen molar-refractivity contribution in [3.8, 4) is 5.75 Å². The number of nitrogens with zero attached hydrogens (tertiary/aromatic N) is 2. The van der Waals surface area contributed by atoms with Crippen LogP contribution in [0.5, 0.6) is 5.75 Å². The maximum Gasteiger partial charge on any atom is 0.281 e. The standard InChI is InChI=1S/C23H20ClN3O3/c1-15-11-12-27-20(13-15)25-23(22(27)29,14-16-3-9-19(30-2)10-4-16)26-21(28)17-5-7-18(24)8-6-17/h3-13H,14H2,1-2H3,(H,26,28)/t23-/m0/s1. The zero-order chi connectivity index (χ0) is 21.3. The Labute approximate surface area is 179 Å². The summed E-state index contributed by atoms with van der Waals surface area (Å²) in [6.07, 6.45) is 5.54. The van der Waals surface area contributed by atoms with Gasteiger partial charge in [0.05, 0.1) is 7.11 Å². The number of halogens is 1. The molecule has 0 bridgehead atoms. The summed E-state index contributed by atoms with van der Waals surface area (Å²) in [7, 11) is 1.59. The van der Waals surface area contributed by atoms with Gasteiger partial charge in [-0.3, -0.25) is 14.5 Å². The zero-order valence-corrected chi connectivity index (χ0v) is 17.3. The monoisotopic (exact) mass is 421 g/mol. The molecule has 0 spiro atoms. The maximum absolute atomic E-state index is 13.4. The van der Waals surface area contributed by atoms with Gasteiger partial charge in [0.15, 0.2) is 0 Å². The van der Waals surface area contributed by atoms with Crippen molar-refractivity contribution in [2.24, 2.45) is 4.99 Å². The van der Waals surface area contributed by atoms with Crippen LogP contribution in [0.15, 0.2) is 77.4 Å². The quantitative estimate of drug-likeness (QED) is 0.799. The van der Waals surface area contributed by atoms with Crippen molar-refractivity contribution in [3.05, 3.63) is 88.6 Å². The highest BCUT2D eigenvalue weighted by molar-refractivity contribution is 6.30. The molecular weight excluding hydrogens is 402 g/mol. The summed E-state index contributed by atoms with van der Waals surface area (Å²) in [4.78, 5) is 32.5. The van der Waals surface area contributed by atoms with Crippen molar-refractivity contribution in [3.63, 3.8) is 0 Å². The van der Waals surface area contributed by atoms with Crippen LogP contribution in [0.1, 0.15) is 22.8 Å². The fourth-order valence-electron chi connectivity index (χ4n) is 3.43. The SMILES string of the molecule is COc1ccc(C[C@@]2(NC(=O)c3ccc(Cl)cc3)N=C3C=C(C)C=CN3C2=O)cc1. The lowest BCUT2D eigenvalue weighted by Crippen LogP contribution is -2.55. The molecule has 7 heteroatoms. The summed E-state index contributed by atoms with van der Waals surface area (Å²) < 4.78 is 5.21. The van der Waals surface area contributed by atoms with Crippen LogP contribution in [0.4, 0.5) is 0 Å². The van der Waals surface area contributed by atoms with Crippen molar-refractivity contribution in [2.75, 3.05) is 7.11 Å². The molecule has 2 amide bonds. The van der Waals surface area contributed by atoms with Gasteiger partial charge in [-0.2, -0.15) is 0 Å². The van der Waals surface area contributed by atoms with E-state index in [1.165, 1.54) is 4.90 Å². The van der Waals surface area contributed by atoms with E-state index in [2.05, 4.69) is 10.3 Å². The van der Waals surface area contributed by atoms with Gasteiger partial charge in [-0.1, -0.05) is 23.7 Å². The van der Waals surface area contributed by atoms with Crippen LogP contribution >= 0.6 is 11.6 Å². The van der Waals surface area contributed by atoms with E-state index in [9.17, 15) is 9.59 Å². The van der Waals surface area contributed by atoms with E-state index in [1.807, 2.05) is 43.3 Å². The molecule has 0 radical (unpaired) electrons. The average molecular weight is 422 g/mol. The highest BCUT2D eigenvalue weighted by Crippen LogP contribution is 2.29. The summed E-state index contributed by atoms with van der Waals surface area (Å²) in [6, 6.07) is 13.8. The number of carbonyl (C=O) groups excluding carboxylic acids is 2. The summed E-state index contributed by atoms with van der Waals surface area (Å²) >= 11 is 5.93. The molecule has 30 heavy (non-hydrogen) atoms. The Bertz CT molecular complexity index is 1090. The molecule has 2 aliphatic rings. The number of rotatable bonds is 5. The first-order valence-corrected chi connectivity index (χ1v) is 9.79. The lowest BCUT2D eigenvalue weighted by molar-refractivity contribution is -0.130. The van der Waals surface area contributed by atoms with E-state index in [1.54, 1.807) is 37.6 Å². The fraction of sp³-hybridized carbons (Fsp3) is 0.174. The van der Waals surface area contributed by atoms with Gasteiger partial charge in [-0.25, -0.2) is 4.99 Å². The van der Waals surface area contributed by atoms with Gasteiger partial charge in [0.1, 0.15) is 11.6 Å². The predicted molar refractivity (Wildman–Crippen MR) is 116 cm³/mol. The number of methoxy groups -OCH3 is 1. The lowest BCUT2D eigenvalue weighted by Gasteiger charge is -2.27. The van der Waals surface area contributed by atoms with Gasteiger partial charge in [-0.15, -0.1) is 0 Å². The third-order valence-electron chi connectivity index (χ3n) is 5.01. The normalized spacial score (nSPS) is 19.8. The molecule has 2 heterocycles. The first-order chi connectivity index (χ1) is 14.4. The van der Waals surface area contributed by atoms with E-state index in [-0.39, 0.29) is 12.3 Å². The topological polar surface area (TPSA) is 71.0 Å². The molecule has 0 saturated carbocycles. The van der Waals surface area contributed by atoms with E-state index >= 15 is 0 Å². The van der Waals surface area contributed by atoms with Crippen molar-refractivity contribution < 1.29 is 14.3 Å². The highest BCUT2D eigenvalue weighted by Gasteiger charge is 2.49. The zero-order valence-electron chi connectivity index (χ0n) is 16.6. The first-order valence-electron chi connectivity index (χ1n) is 9.41. The fourth-order valence-corrected chi connectivity index (χ4v) is 3.56. The number of fused-ring (bicyclic) bond motifs is 1. The average Bonchev–Trinajstić information content (AvgIpc) is 2.99. The number of amides is 2. The van der Waals surface area contributed by atoms with E-state index in [0.717, 1.165) is 11.1 Å². The number of allylic oxidation sites excluding steroid dienone is 2. The summed E-state index contributed by atoms with van der Waals surface area (Å²) in [5.41, 5.74) is 0.761. The smallest absolute Gasteiger partial charge is 0.281 e. The van der Waals surface area contributed by atoms with Crippen LogP contribution in [0.2, 0.25) is 5.02 Å². The molecule has 2 aromatic rings. The highest BCUT2D eigenvalue weighted by atomic mass is 35.5. The van der Waals surface area contributed by atoms with Gasteiger partial charge in [0.2, 0.25) is 5.66 Å². The number of ether oxygens (including phenoxy) is 1. The lowest BCUT2D eigenvalue weighted by atomic mass is 9.98. The molecule has 4 rings (SSSR count). The van der Waals surface area contributed by atoms with Crippen LogP contribution in [-0.4, -0.2) is 35.3 Å². The van der Waals surface area contributed by atoms with Crippen LogP contribution in [0, 0.1) is 0 Å². The largest absolute Gasteiger partial charge is 0.497 e. The minimum Gasteiger partial charge on any atom is -0.497 e. The molecular formula is C23H20ClN3O3. The summed E-state index contributed by atoms with van der Waals surface area (Å²) in [5, 5.41) is 3.40. The Morgan fingerprint density at radius 1 is 1.17 bits per heavy atom. The molecule has 2 aliphatic heterocycles. The third-order valence-corrected chi connectivity index (χ3v) is 5.27. The maximum atomic E-state index is 13.4. The Morgan fingerprint density at radius 2 is 1.87 bits per heavy atom. The Morgan fingerprint density at radius 3 is 2.53 bits per heavy atom. The number of carbonyl (C=O) groups is 2. The number of hydrogen-bond acceptors (Lipinski definition) is 4. The first kappa shape index (κ1) is 19.9. The van der Waals surface area contributed by atoms with Gasteiger partial charge in [-0.05, 0) is 66.6 Å². The summed E-state index contributed by atoms with van der Waals surface area (Å²) in [5.74, 6) is 0.504. The van der Waals surface area contributed by atoms with E-state index in [0.29, 0.717) is 22.2 Å². The molecule has 152 valence electrons. The molecule has 0 aliphatic carbocycles. The minimum absolute atomic E-state index is 0.204. The molecule has 0 saturated heterocycles. The second-order valence-corrected chi connectivity index (χ2v) is 7.63. The number of benzene rings is 2. The van der Waals surface area contributed by atoms with E-state index < -0.39 is 11.6 Å². The van der Waals surface area contributed by atoms with Crippen molar-refractivity contribution in [1.82, 2.24) is 10.2 Å². The molecule has 0 unspecified atom stereocenters. The molecule has 0 aromatic heterocycles. The minimum atomic E-state index is -1.45. The molecule has 2 aromatic carbocycles. The van der Waals surface area contributed by atoms with Gasteiger partial charge < -0.3 is 10.1 Å². The van der Waals surface area contributed by atoms with Gasteiger partial charge in [0.25, 0.3) is 11.8 Å². The van der Waals surface area contributed by atoms with Crippen LogP contribution in [-0.2, 0) is 11.2 Å². The summed E-state index contributed by atoms with van der Waals surface area (Å²) in [6.45, 7) is 1.93. The molecule has 6 nitrogen and oxygen atoms in total. The Balaban J connectivity index is 1.71. The van der Waals surface area contributed by atoms with E-state index in [4.69, 9.17) is 16.3 Å². The van der Waals surface area contributed by atoms with Crippen LogP contribution in [0.3, 0.4) is 0 Å². The predicted octanol–water partition coefficient (Wildman–Crippen LogP) is 3.73. The van der Waals surface area contributed by atoms with Gasteiger partial charge >= 0.3 is 0 Å². The molecule has 1 N–H and O–H groups in total. The van der Waals surface area contributed by atoms with Crippen LogP contribution in [0.25, 0.3) is 0 Å². The number of aliphatic imine (C=N–C) groups is 1. The van der Waals surface area contributed by atoms with Gasteiger partial charge in [0, 0.05) is 23.2 Å². The molecule has 1 atom stereocenters. The second kappa shape index (κ2) is 7.80. The number of amidine groups is 1. The van der Waals surface area contributed by atoms with Crippen LogP contribution < -0.4 is 10.1 Å². The number of hydrogen-bond donors (Lipinski definition) is 1. The van der Waals surface area contributed by atoms with Crippen molar-refractivity contribution in [1.29, 1.82) is 0 Å². The third kappa shape index (κ3) is 3.74. The van der Waals surface area contributed by atoms with Crippen molar-refractivity contribution >= 4 is 29.3 Å². The number of nitrogens with one attached hydrogen (secondary N) is 1.